The molecular formula is C12H18N4O3. The highest BCUT2D eigenvalue weighted by Gasteiger charge is 2.28. The van der Waals surface area contributed by atoms with E-state index in [0.29, 0.717) is 13.1 Å². The van der Waals surface area contributed by atoms with Crippen molar-refractivity contribution in [2.45, 2.75) is 13.0 Å². The van der Waals surface area contributed by atoms with Crippen LogP contribution in [-0.2, 0) is 0 Å². The molecule has 0 radical (unpaired) electrons. The second-order valence-electron chi connectivity index (χ2n) is 4.37. The molecule has 1 aromatic heterocycles. The van der Waals surface area contributed by atoms with Gasteiger partial charge in [-0.05, 0) is 6.92 Å². The predicted octanol–water partition coefficient (Wildman–Crippen LogP) is -0.0723. The summed E-state index contributed by atoms with van der Waals surface area (Å²) in [5.41, 5.74) is 0.279. The van der Waals surface area contributed by atoms with Gasteiger partial charge in [-0.3, -0.25) is 4.79 Å². The van der Waals surface area contributed by atoms with E-state index in [1.165, 1.54) is 20.5 Å². The predicted molar refractivity (Wildman–Crippen MR) is 68.5 cm³/mol. The molecule has 104 valence electrons. The Bertz CT molecular complexity index is 444. The zero-order chi connectivity index (χ0) is 13.8. The summed E-state index contributed by atoms with van der Waals surface area (Å²) in [4.78, 5) is 22.2. The van der Waals surface area contributed by atoms with E-state index in [1.807, 2.05) is 6.92 Å². The van der Waals surface area contributed by atoms with Crippen LogP contribution in [0.25, 0.3) is 0 Å². The first kappa shape index (κ1) is 13.5. The number of carbonyl (C=O) groups excluding carboxylic acids is 1. The molecule has 0 saturated carbocycles. The van der Waals surface area contributed by atoms with Crippen LogP contribution in [0.4, 0.5) is 0 Å². The largest absolute Gasteiger partial charge is 0.480 e. The van der Waals surface area contributed by atoms with Crippen LogP contribution < -0.4 is 14.8 Å². The Balaban J connectivity index is 2.31. The molecular weight excluding hydrogens is 248 g/mol. The maximum absolute atomic E-state index is 12.6. The van der Waals surface area contributed by atoms with Crippen LogP contribution in [0.3, 0.4) is 0 Å². The molecule has 0 spiro atoms. The number of carbonyl (C=O) groups is 1. The van der Waals surface area contributed by atoms with Crippen LogP contribution in [0.2, 0.25) is 0 Å². The highest BCUT2D eigenvalue weighted by molar-refractivity contribution is 5.98. The number of rotatable bonds is 3. The van der Waals surface area contributed by atoms with E-state index in [-0.39, 0.29) is 29.3 Å². The monoisotopic (exact) mass is 266 g/mol. The van der Waals surface area contributed by atoms with Crippen LogP contribution in [-0.4, -0.2) is 60.7 Å². The molecule has 1 saturated heterocycles. The van der Waals surface area contributed by atoms with Crippen molar-refractivity contribution in [3.63, 3.8) is 0 Å². The maximum atomic E-state index is 12.6. The van der Waals surface area contributed by atoms with Gasteiger partial charge in [0.05, 0.1) is 14.2 Å². The lowest BCUT2D eigenvalue weighted by Crippen LogP contribution is -2.51. The van der Waals surface area contributed by atoms with Gasteiger partial charge in [-0.1, -0.05) is 0 Å². The Morgan fingerprint density at radius 3 is 2.53 bits per heavy atom. The summed E-state index contributed by atoms with van der Waals surface area (Å²) in [5, 5.41) is 3.29. The van der Waals surface area contributed by atoms with E-state index >= 15 is 0 Å². The number of nitrogens with one attached hydrogen (secondary N) is 1. The van der Waals surface area contributed by atoms with Gasteiger partial charge in [0.15, 0.2) is 5.56 Å². The molecule has 0 aromatic carbocycles. The highest BCUT2D eigenvalue weighted by atomic mass is 16.5. The molecule has 2 rings (SSSR count). The average molecular weight is 266 g/mol. The minimum atomic E-state index is -0.164. The van der Waals surface area contributed by atoms with Crippen molar-refractivity contribution >= 4 is 5.91 Å². The van der Waals surface area contributed by atoms with Gasteiger partial charge in [-0.15, -0.1) is 0 Å². The third-order valence-electron chi connectivity index (χ3n) is 3.03. The summed E-state index contributed by atoms with van der Waals surface area (Å²) < 4.78 is 10.3. The Morgan fingerprint density at radius 1 is 1.37 bits per heavy atom. The second-order valence-corrected chi connectivity index (χ2v) is 4.37. The van der Waals surface area contributed by atoms with Crippen LogP contribution in [0, 0.1) is 0 Å². The van der Waals surface area contributed by atoms with Gasteiger partial charge < -0.3 is 19.7 Å². The standard InChI is InChI=1S/C12H18N4O3/c1-8-6-16(5-4-13-8)12(17)9-10(18-2)14-7-15-11(9)19-3/h7-8,13H,4-6H2,1-3H3/t8-/m1/s1. The highest BCUT2D eigenvalue weighted by Crippen LogP contribution is 2.25. The van der Waals surface area contributed by atoms with E-state index in [9.17, 15) is 4.79 Å². The molecule has 1 aliphatic rings. The Labute approximate surface area is 111 Å². The van der Waals surface area contributed by atoms with Crippen LogP contribution in [0.1, 0.15) is 17.3 Å². The Hall–Kier alpha value is -1.89. The summed E-state index contributed by atoms with van der Waals surface area (Å²) >= 11 is 0. The van der Waals surface area contributed by atoms with E-state index in [0.717, 1.165) is 6.54 Å². The van der Waals surface area contributed by atoms with Crippen molar-refractivity contribution in [3.8, 4) is 11.8 Å². The zero-order valence-corrected chi connectivity index (χ0v) is 11.3. The first-order valence-corrected chi connectivity index (χ1v) is 6.13. The van der Waals surface area contributed by atoms with Crippen molar-refractivity contribution in [1.29, 1.82) is 0 Å². The maximum Gasteiger partial charge on any atom is 0.265 e. The molecule has 1 N–H and O–H groups in total. The lowest BCUT2D eigenvalue weighted by atomic mass is 10.2. The number of hydrogen-bond acceptors (Lipinski definition) is 6. The molecule has 2 heterocycles. The number of ether oxygens (including phenoxy) is 2. The topological polar surface area (TPSA) is 76.6 Å². The molecule has 1 aliphatic heterocycles. The molecule has 7 heteroatoms. The number of hydrogen-bond donors (Lipinski definition) is 1. The van der Waals surface area contributed by atoms with Crippen molar-refractivity contribution in [1.82, 2.24) is 20.2 Å². The van der Waals surface area contributed by atoms with Gasteiger partial charge in [0, 0.05) is 25.7 Å². The molecule has 1 atom stereocenters. The summed E-state index contributed by atoms with van der Waals surface area (Å²) in [5.74, 6) is 0.314. The van der Waals surface area contributed by atoms with Crippen molar-refractivity contribution in [2.24, 2.45) is 0 Å². The Morgan fingerprint density at radius 2 is 2.00 bits per heavy atom. The molecule has 1 amide bonds. The molecule has 7 nitrogen and oxygen atoms in total. The lowest BCUT2D eigenvalue weighted by Gasteiger charge is -2.32. The summed E-state index contributed by atoms with van der Waals surface area (Å²) in [6.45, 7) is 4.09. The van der Waals surface area contributed by atoms with Gasteiger partial charge >= 0.3 is 0 Å². The summed E-state index contributed by atoms with van der Waals surface area (Å²) in [6, 6.07) is 0.263. The lowest BCUT2D eigenvalue weighted by molar-refractivity contribution is 0.0700. The van der Waals surface area contributed by atoms with Crippen LogP contribution in [0.15, 0.2) is 6.33 Å². The van der Waals surface area contributed by atoms with Gasteiger partial charge in [-0.25, -0.2) is 9.97 Å². The third-order valence-corrected chi connectivity index (χ3v) is 3.03. The number of piperazine rings is 1. The van der Waals surface area contributed by atoms with Crippen molar-refractivity contribution in [3.05, 3.63) is 11.9 Å². The summed E-state index contributed by atoms with van der Waals surface area (Å²) in [6.07, 6.45) is 1.31. The number of methoxy groups -OCH3 is 2. The fourth-order valence-corrected chi connectivity index (χ4v) is 2.12. The van der Waals surface area contributed by atoms with E-state index in [2.05, 4.69) is 15.3 Å². The number of aromatic nitrogens is 2. The van der Waals surface area contributed by atoms with E-state index < -0.39 is 0 Å². The SMILES string of the molecule is COc1ncnc(OC)c1C(=O)N1CCN[C@H](C)C1. The van der Waals surface area contributed by atoms with Crippen LogP contribution in [0.5, 0.6) is 11.8 Å². The molecule has 1 fully saturated rings. The smallest absolute Gasteiger partial charge is 0.265 e. The summed E-state index contributed by atoms with van der Waals surface area (Å²) in [7, 11) is 2.94. The van der Waals surface area contributed by atoms with E-state index in [4.69, 9.17) is 9.47 Å². The van der Waals surface area contributed by atoms with Crippen molar-refractivity contribution in [2.75, 3.05) is 33.9 Å². The van der Waals surface area contributed by atoms with E-state index in [1.54, 1.807) is 4.90 Å². The fraction of sp³-hybridized carbons (Fsp3) is 0.583. The fourth-order valence-electron chi connectivity index (χ4n) is 2.12. The molecule has 19 heavy (non-hydrogen) atoms. The molecule has 0 bridgehead atoms. The quantitative estimate of drug-likeness (QED) is 0.825. The second kappa shape index (κ2) is 5.83. The molecule has 0 unspecified atom stereocenters. The first-order chi connectivity index (χ1) is 9.17. The van der Waals surface area contributed by atoms with Crippen LogP contribution >= 0.6 is 0 Å². The average Bonchev–Trinajstić information content (AvgIpc) is 2.45. The molecule has 0 aliphatic carbocycles. The Kier molecular flexibility index (Phi) is 4.16. The first-order valence-electron chi connectivity index (χ1n) is 6.13. The number of nitrogens with zero attached hydrogens (tertiary/aromatic N) is 3. The van der Waals surface area contributed by atoms with Gasteiger partial charge in [-0.2, -0.15) is 0 Å². The minimum absolute atomic E-state index is 0.164. The number of amides is 1. The van der Waals surface area contributed by atoms with Gasteiger partial charge in [0.25, 0.3) is 5.91 Å². The molecule has 1 aromatic rings. The minimum Gasteiger partial charge on any atom is -0.480 e. The normalized spacial score (nSPS) is 19.1. The van der Waals surface area contributed by atoms with Crippen molar-refractivity contribution < 1.29 is 14.3 Å². The third kappa shape index (κ3) is 2.76. The zero-order valence-electron chi connectivity index (χ0n) is 11.3. The van der Waals surface area contributed by atoms with Gasteiger partial charge in [0.1, 0.15) is 6.33 Å². The van der Waals surface area contributed by atoms with Gasteiger partial charge in [0.2, 0.25) is 11.8 Å².